The van der Waals surface area contributed by atoms with Gasteiger partial charge in [-0.2, -0.15) is 5.10 Å². The average molecular weight is 295 g/mol. The van der Waals surface area contributed by atoms with Crippen molar-refractivity contribution < 1.29 is 9.13 Å². The van der Waals surface area contributed by atoms with Crippen LogP contribution in [0.1, 0.15) is 22.5 Å². The first-order valence-electron chi connectivity index (χ1n) is 6.62. The van der Waals surface area contributed by atoms with Crippen LogP contribution in [0.4, 0.5) is 4.39 Å². The molecule has 5 heteroatoms. The van der Waals surface area contributed by atoms with E-state index in [1.165, 1.54) is 6.07 Å². The number of benzene rings is 1. The summed E-state index contributed by atoms with van der Waals surface area (Å²) >= 11 is 5.93. The van der Waals surface area contributed by atoms with Gasteiger partial charge in [0.15, 0.2) is 0 Å². The number of aryl methyl sites for hydroxylation is 1. The lowest BCUT2D eigenvalue weighted by atomic mass is 10.1. The van der Waals surface area contributed by atoms with Crippen LogP contribution >= 0.6 is 11.6 Å². The zero-order valence-corrected chi connectivity index (χ0v) is 12.2. The number of nitrogens with zero attached hydrogens (tertiary/aromatic N) is 2. The van der Waals surface area contributed by atoms with E-state index in [1.54, 1.807) is 12.1 Å². The average Bonchev–Trinajstić information content (AvgIpc) is 2.91. The molecule has 3 rings (SSSR count). The topological polar surface area (TPSA) is 27.1 Å². The normalized spacial score (nSPS) is 17.1. The summed E-state index contributed by atoms with van der Waals surface area (Å²) in [6.07, 6.45) is 0.703. The van der Waals surface area contributed by atoms with Gasteiger partial charge in [0.2, 0.25) is 0 Å². The van der Waals surface area contributed by atoms with E-state index in [9.17, 15) is 4.39 Å². The largest absolute Gasteiger partial charge is 0.488 e. The molecule has 0 fully saturated rings. The molecule has 0 spiro atoms. The van der Waals surface area contributed by atoms with Gasteiger partial charge in [0.1, 0.15) is 17.7 Å². The minimum absolute atomic E-state index is 0.00650. The van der Waals surface area contributed by atoms with E-state index in [0.717, 1.165) is 28.3 Å². The third kappa shape index (κ3) is 2.29. The fourth-order valence-corrected chi connectivity index (χ4v) is 3.08. The Hall–Kier alpha value is -1.55. The lowest BCUT2D eigenvalue weighted by Crippen LogP contribution is -2.22. The second-order valence-corrected chi connectivity index (χ2v) is 5.43. The summed E-state index contributed by atoms with van der Waals surface area (Å²) in [7, 11) is 0. The summed E-state index contributed by atoms with van der Waals surface area (Å²) in [6, 6.07) is 4.66. The Balaban J connectivity index is 1.78. The standard InChI is InChI=1S/C15H16ClFN2O/c1-9-14(7-16)10(2)19(18-9)8-13-6-11-5-12(17)3-4-15(11)20-13/h3-5,13H,6-8H2,1-2H3. The number of halogens is 2. The molecule has 0 radical (unpaired) electrons. The highest BCUT2D eigenvalue weighted by Crippen LogP contribution is 2.30. The number of aromatic nitrogens is 2. The van der Waals surface area contributed by atoms with Crippen LogP contribution in [-0.2, 0) is 18.8 Å². The summed E-state index contributed by atoms with van der Waals surface area (Å²) in [5.41, 5.74) is 4.03. The lowest BCUT2D eigenvalue weighted by Gasteiger charge is -2.12. The molecule has 0 amide bonds. The number of hydrogen-bond acceptors (Lipinski definition) is 2. The maximum Gasteiger partial charge on any atom is 0.123 e. The molecule has 1 aliphatic heterocycles. The van der Waals surface area contributed by atoms with Gasteiger partial charge in [0.25, 0.3) is 0 Å². The van der Waals surface area contributed by atoms with Crippen LogP contribution in [-0.4, -0.2) is 15.9 Å². The van der Waals surface area contributed by atoms with E-state index < -0.39 is 0 Å². The highest BCUT2D eigenvalue weighted by Gasteiger charge is 2.25. The van der Waals surface area contributed by atoms with Gasteiger partial charge in [-0.05, 0) is 32.0 Å². The van der Waals surface area contributed by atoms with Crippen molar-refractivity contribution >= 4 is 11.6 Å². The zero-order valence-electron chi connectivity index (χ0n) is 11.5. The molecule has 3 nitrogen and oxygen atoms in total. The maximum absolute atomic E-state index is 13.2. The molecule has 2 heterocycles. The van der Waals surface area contributed by atoms with Crippen molar-refractivity contribution in [3.05, 3.63) is 46.5 Å². The second-order valence-electron chi connectivity index (χ2n) is 5.16. The Morgan fingerprint density at radius 3 is 2.95 bits per heavy atom. The molecule has 1 aromatic carbocycles. The van der Waals surface area contributed by atoms with E-state index >= 15 is 0 Å². The number of ether oxygens (including phenoxy) is 1. The van der Waals surface area contributed by atoms with Crippen molar-refractivity contribution in [3.63, 3.8) is 0 Å². The van der Waals surface area contributed by atoms with Crippen molar-refractivity contribution in [2.24, 2.45) is 0 Å². The fourth-order valence-electron chi connectivity index (χ4n) is 2.69. The Morgan fingerprint density at radius 2 is 2.25 bits per heavy atom. The number of hydrogen-bond donors (Lipinski definition) is 0. The third-order valence-corrected chi connectivity index (χ3v) is 4.07. The van der Waals surface area contributed by atoms with Gasteiger partial charge >= 0.3 is 0 Å². The van der Waals surface area contributed by atoms with Crippen molar-refractivity contribution in [1.29, 1.82) is 0 Å². The molecule has 20 heavy (non-hydrogen) atoms. The van der Waals surface area contributed by atoms with Crippen LogP contribution in [0.15, 0.2) is 18.2 Å². The highest BCUT2D eigenvalue weighted by atomic mass is 35.5. The second kappa shape index (κ2) is 5.09. The first-order valence-corrected chi connectivity index (χ1v) is 7.16. The molecule has 1 unspecified atom stereocenters. The fraction of sp³-hybridized carbons (Fsp3) is 0.400. The lowest BCUT2D eigenvalue weighted by molar-refractivity contribution is 0.202. The van der Waals surface area contributed by atoms with E-state index in [2.05, 4.69) is 5.10 Å². The van der Waals surface area contributed by atoms with E-state index in [1.807, 2.05) is 18.5 Å². The Kier molecular flexibility index (Phi) is 3.42. The summed E-state index contributed by atoms with van der Waals surface area (Å²) in [5.74, 6) is 1.02. The Morgan fingerprint density at radius 1 is 1.45 bits per heavy atom. The first-order chi connectivity index (χ1) is 9.58. The molecular weight excluding hydrogens is 279 g/mol. The first kappa shape index (κ1) is 13.4. The molecule has 106 valence electrons. The molecule has 1 aliphatic rings. The van der Waals surface area contributed by atoms with Gasteiger partial charge in [-0.25, -0.2) is 4.39 Å². The van der Waals surface area contributed by atoms with Gasteiger partial charge in [0.05, 0.1) is 18.1 Å². The highest BCUT2D eigenvalue weighted by molar-refractivity contribution is 6.17. The van der Waals surface area contributed by atoms with E-state index in [0.29, 0.717) is 18.8 Å². The summed E-state index contributed by atoms with van der Waals surface area (Å²) in [5, 5.41) is 4.50. The quantitative estimate of drug-likeness (QED) is 0.812. The van der Waals surface area contributed by atoms with Gasteiger partial charge in [-0.3, -0.25) is 4.68 Å². The molecule has 0 bridgehead atoms. The van der Waals surface area contributed by atoms with Gasteiger partial charge in [-0.15, -0.1) is 11.6 Å². The van der Waals surface area contributed by atoms with Crippen molar-refractivity contribution in [2.75, 3.05) is 0 Å². The van der Waals surface area contributed by atoms with Gasteiger partial charge in [-0.1, -0.05) is 0 Å². The van der Waals surface area contributed by atoms with Crippen LogP contribution in [0, 0.1) is 19.7 Å². The predicted octanol–water partition coefficient (Wildman–Crippen LogP) is 3.38. The molecule has 0 N–H and O–H groups in total. The van der Waals surface area contributed by atoms with Crippen molar-refractivity contribution in [1.82, 2.24) is 9.78 Å². The summed E-state index contributed by atoms with van der Waals surface area (Å²) in [4.78, 5) is 0. The van der Waals surface area contributed by atoms with Crippen LogP contribution in [0.25, 0.3) is 0 Å². The molecule has 0 saturated heterocycles. The Labute approximate surface area is 122 Å². The number of fused-ring (bicyclic) bond motifs is 1. The van der Waals surface area contributed by atoms with Gasteiger partial charge in [0, 0.05) is 23.2 Å². The van der Waals surface area contributed by atoms with E-state index in [-0.39, 0.29) is 11.9 Å². The third-order valence-electron chi connectivity index (χ3n) is 3.81. The Bertz CT molecular complexity index is 654. The van der Waals surface area contributed by atoms with Crippen LogP contribution in [0.5, 0.6) is 5.75 Å². The summed E-state index contributed by atoms with van der Waals surface area (Å²) in [6.45, 7) is 4.63. The van der Waals surface area contributed by atoms with E-state index in [4.69, 9.17) is 16.3 Å². The minimum Gasteiger partial charge on any atom is -0.488 e. The predicted molar refractivity (Wildman–Crippen MR) is 75.8 cm³/mol. The van der Waals surface area contributed by atoms with Crippen LogP contribution < -0.4 is 4.74 Å². The molecule has 0 aliphatic carbocycles. The van der Waals surface area contributed by atoms with Crippen molar-refractivity contribution in [2.45, 2.75) is 38.8 Å². The van der Waals surface area contributed by atoms with Crippen molar-refractivity contribution in [3.8, 4) is 5.75 Å². The van der Waals surface area contributed by atoms with Crippen LogP contribution in [0.2, 0.25) is 0 Å². The zero-order chi connectivity index (χ0) is 14.3. The molecular formula is C15H16ClFN2O. The smallest absolute Gasteiger partial charge is 0.123 e. The molecule has 0 saturated carbocycles. The molecule has 1 aromatic heterocycles. The SMILES string of the molecule is Cc1nn(CC2Cc3cc(F)ccc3O2)c(C)c1CCl. The summed E-state index contributed by atoms with van der Waals surface area (Å²) < 4.78 is 21.0. The monoisotopic (exact) mass is 294 g/mol. The number of rotatable bonds is 3. The minimum atomic E-state index is -0.219. The maximum atomic E-state index is 13.2. The molecule has 1 atom stereocenters. The molecule has 2 aromatic rings. The van der Waals surface area contributed by atoms with Gasteiger partial charge < -0.3 is 4.74 Å². The van der Waals surface area contributed by atoms with Crippen LogP contribution in [0.3, 0.4) is 0 Å². The number of alkyl halides is 1.